The summed E-state index contributed by atoms with van der Waals surface area (Å²) in [5, 5.41) is 0. The third-order valence-electron chi connectivity index (χ3n) is 5.74. The van der Waals surface area contributed by atoms with Gasteiger partial charge in [-0.05, 0) is 36.6 Å². The van der Waals surface area contributed by atoms with Crippen molar-refractivity contribution in [2.45, 2.75) is 36.4 Å². The molecule has 176 valence electrons. The van der Waals surface area contributed by atoms with Crippen LogP contribution >= 0.6 is 0 Å². The van der Waals surface area contributed by atoms with Crippen LogP contribution in [0, 0.1) is 11.6 Å². The van der Waals surface area contributed by atoms with E-state index in [2.05, 4.69) is 0 Å². The predicted molar refractivity (Wildman–Crippen MR) is 111 cm³/mol. The van der Waals surface area contributed by atoms with E-state index in [0.717, 1.165) is 22.0 Å². The smallest absolute Gasteiger partial charge is 0.410 e. The predicted octanol–water partition coefficient (Wildman–Crippen LogP) is 2.68. The van der Waals surface area contributed by atoms with Crippen molar-refractivity contribution in [1.82, 2.24) is 9.21 Å². The third-order valence-corrected chi connectivity index (χ3v) is 7.65. The van der Waals surface area contributed by atoms with Crippen LogP contribution < -0.4 is 0 Å². The van der Waals surface area contributed by atoms with E-state index in [1.54, 1.807) is 12.1 Å². The van der Waals surface area contributed by atoms with Gasteiger partial charge in [0.05, 0.1) is 0 Å². The summed E-state index contributed by atoms with van der Waals surface area (Å²) in [6.07, 6.45) is -0.268. The highest BCUT2D eigenvalue weighted by molar-refractivity contribution is 7.89. The lowest BCUT2D eigenvalue weighted by molar-refractivity contribution is -0.150. The zero-order valence-electron chi connectivity index (χ0n) is 17.5. The maximum Gasteiger partial charge on any atom is 0.410 e. The van der Waals surface area contributed by atoms with Crippen LogP contribution in [0.5, 0.6) is 0 Å². The molecular weight excluding hydrogens is 458 g/mol. The molecule has 2 aliphatic heterocycles. The highest BCUT2D eigenvalue weighted by Crippen LogP contribution is 2.28. The molecule has 0 saturated carbocycles. The Morgan fingerprint density at radius 3 is 2.48 bits per heavy atom. The number of sulfonamides is 1. The first-order valence-electron chi connectivity index (χ1n) is 10.4. The summed E-state index contributed by atoms with van der Waals surface area (Å²) in [5.41, 5.74) is 0.797. The zero-order chi connectivity index (χ0) is 23.6. The summed E-state index contributed by atoms with van der Waals surface area (Å²) in [4.78, 5) is 25.5. The van der Waals surface area contributed by atoms with E-state index in [9.17, 15) is 26.8 Å². The van der Waals surface area contributed by atoms with Gasteiger partial charge in [0.1, 0.15) is 29.7 Å². The Labute approximate surface area is 189 Å². The van der Waals surface area contributed by atoms with Crippen molar-refractivity contribution in [2.75, 3.05) is 19.7 Å². The topological polar surface area (TPSA) is 93.2 Å². The van der Waals surface area contributed by atoms with E-state index in [-0.39, 0.29) is 39.1 Å². The largest absolute Gasteiger partial charge is 0.459 e. The minimum absolute atomic E-state index is 0.0292. The Morgan fingerprint density at radius 2 is 1.79 bits per heavy atom. The van der Waals surface area contributed by atoms with Crippen molar-refractivity contribution in [3.63, 3.8) is 0 Å². The van der Waals surface area contributed by atoms with Crippen LogP contribution in [0.15, 0.2) is 53.4 Å². The molecule has 0 radical (unpaired) electrons. The van der Waals surface area contributed by atoms with Crippen LogP contribution in [-0.2, 0) is 30.9 Å². The van der Waals surface area contributed by atoms with Crippen molar-refractivity contribution in [2.24, 2.45) is 0 Å². The molecule has 0 aliphatic carbocycles. The van der Waals surface area contributed by atoms with Crippen LogP contribution in [0.3, 0.4) is 0 Å². The Balaban J connectivity index is 1.41. The van der Waals surface area contributed by atoms with Gasteiger partial charge in [0.15, 0.2) is 6.04 Å². The molecule has 2 aromatic rings. The fourth-order valence-electron chi connectivity index (χ4n) is 4.02. The number of piperidine rings is 1. The van der Waals surface area contributed by atoms with Gasteiger partial charge in [0, 0.05) is 19.1 Å². The number of hydrogen-bond acceptors (Lipinski definition) is 6. The van der Waals surface area contributed by atoms with E-state index in [0.29, 0.717) is 6.07 Å². The van der Waals surface area contributed by atoms with Gasteiger partial charge in [-0.1, -0.05) is 30.3 Å². The van der Waals surface area contributed by atoms with E-state index < -0.39 is 50.7 Å². The summed E-state index contributed by atoms with van der Waals surface area (Å²) in [6.45, 7) is -0.162. The van der Waals surface area contributed by atoms with E-state index >= 15 is 0 Å². The SMILES string of the molecule is O=C(OCc1ccccc1)C1COC(=O)N1C1CCN(S(=O)(=O)c2cc(F)ccc2F)CC1. The fraction of sp³-hybridized carbons (Fsp3) is 0.364. The second-order valence-corrected chi connectivity index (χ2v) is 9.71. The molecule has 0 bridgehead atoms. The van der Waals surface area contributed by atoms with E-state index in [4.69, 9.17) is 9.47 Å². The molecule has 1 unspecified atom stereocenters. The van der Waals surface area contributed by atoms with Crippen LogP contribution in [-0.4, -0.2) is 61.5 Å². The maximum absolute atomic E-state index is 14.0. The number of carbonyl (C=O) groups is 2. The number of benzene rings is 2. The average Bonchev–Trinajstić information content (AvgIpc) is 3.21. The zero-order valence-corrected chi connectivity index (χ0v) is 18.3. The van der Waals surface area contributed by atoms with Gasteiger partial charge >= 0.3 is 12.1 Å². The normalized spacial score (nSPS) is 20.0. The molecule has 2 aromatic carbocycles. The average molecular weight is 480 g/mol. The van der Waals surface area contributed by atoms with Gasteiger partial charge in [0.25, 0.3) is 0 Å². The summed E-state index contributed by atoms with van der Waals surface area (Å²) in [6, 6.07) is 9.94. The lowest BCUT2D eigenvalue weighted by Crippen LogP contribution is -2.52. The number of amides is 1. The van der Waals surface area contributed by atoms with Crippen molar-refractivity contribution in [3.05, 3.63) is 65.7 Å². The number of rotatable bonds is 6. The highest BCUT2D eigenvalue weighted by atomic mass is 32.2. The molecule has 4 rings (SSSR count). The monoisotopic (exact) mass is 480 g/mol. The van der Waals surface area contributed by atoms with E-state index in [1.165, 1.54) is 4.90 Å². The Hall–Kier alpha value is -3.05. The van der Waals surface area contributed by atoms with Crippen LogP contribution in [0.25, 0.3) is 0 Å². The van der Waals surface area contributed by atoms with Gasteiger partial charge in [-0.25, -0.2) is 26.8 Å². The van der Waals surface area contributed by atoms with Gasteiger partial charge in [-0.3, -0.25) is 4.90 Å². The highest BCUT2D eigenvalue weighted by Gasteiger charge is 2.45. The minimum atomic E-state index is -4.25. The molecule has 0 spiro atoms. The van der Waals surface area contributed by atoms with Crippen LogP contribution in [0.4, 0.5) is 13.6 Å². The molecule has 1 amide bonds. The number of halogens is 2. The summed E-state index contributed by atoms with van der Waals surface area (Å²) in [5.74, 6) is -2.51. The Morgan fingerprint density at radius 1 is 1.09 bits per heavy atom. The maximum atomic E-state index is 14.0. The van der Waals surface area contributed by atoms with Gasteiger partial charge in [-0.2, -0.15) is 4.31 Å². The molecule has 8 nitrogen and oxygen atoms in total. The quantitative estimate of drug-likeness (QED) is 0.591. The first-order chi connectivity index (χ1) is 15.8. The van der Waals surface area contributed by atoms with Crippen molar-refractivity contribution < 1.29 is 36.3 Å². The molecule has 2 fully saturated rings. The number of esters is 1. The molecule has 11 heteroatoms. The second kappa shape index (κ2) is 9.44. The lowest BCUT2D eigenvalue weighted by Gasteiger charge is -2.36. The molecule has 2 aliphatic rings. The number of nitrogens with zero attached hydrogens (tertiary/aromatic N) is 2. The summed E-state index contributed by atoms with van der Waals surface area (Å²) >= 11 is 0. The molecular formula is C22H22F2N2O6S. The molecule has 0 N–H and O–H groups in total. The molecule has 2 saturated heterocycles. The van der Waals surface area contributed by atoms with Crippen molar-refractivity contribution in [1.29, 1.82) is 0 Å². The number of ether oxygens (including phenoxy) is 2. The Bertz CT molecular complexity index is 1140. The second-order valence-electron chi connectivity index (χ2n) is 7.80. The molecule has 33 heavy (non-hydrogen) atoms. The third kappa shape index (κ3) is 4.83. The first-order valence-corrected chi connectivity index (χ1v) is 11.8. The fourth-order valence-corrected chi connectivity index (χ4v) is 5.56. The standard InChI is InChI=1S/C22H22F2N2O6S/c23-16-6-7-18(24)20(12-16)33(29,30)25-10-8-17(9-11-25)26-19(14-32-22(26)28)21(27)31-13-15-4-2-1-3-5-15/h1-7,12,17,19H,8-11,13-14H2. The van der Waals surface area contributed by atoms with Crippen LogP contribution in [0.1, 0.15) is 18.4 Å². The molecule has 2 heterocycles. The molecule has 0 aromatic heterocycles. The summed E-state index contributed by atoms with van der Waals surface area (Å²) < 4.78 is 64.5. The molecule has 1 atom stereocenters. The lowest BCUT2D eigenvalue weighted by atomic mass is 10.0. The van der Waals surface area contributed by atoms with E-state index in [1.807, 2.05) is 18.2 Å². The minimum Gasteiger partial charge on any atom is -0.459 e. The van der Waals surface area contributed by atoms with Crippen molar-refractivity contribution >= 4 is 22.1 Å². The van der Waals surface area contributed by atoms with Crippen LogP contribution in [0.2, 0.25) is 0 Å². The van der Waals surface area contributed by atoms with Gasteiger partial charge in [-0.15, -0.1) is 0 Å². The van der Waals surface area contributed by atoms with Gasteiger partial charge < -0.3 is 9.47 Å². The van der Waals surface area contributed by atoms with Gasteiger partial charge in [0.2, 0.25) is 10.0 Å². The number of hydrogen-bond donors (Lipinski definition) is 0. The number of carbonyl (C=O) groups excluding carboxylic acids is 2. The number of cyclic esters (lactones) is 1. The summed E-state index contributed by atoms with van der Waals surface area (Å²) in [7, 11) is -4.25. The Kier molecular flexibility index (Phi) is 6.61. The van der Waals surface area contributed by atoms with Crippen molar-refractivity contribution in [3.8, 4) is 0 Å². The first kappa shape index (κ1) is 23.1.